The van der Waals surface area contributed by atoms with Gasteiger partial charge in [-0.05, 0) is 49.6 Å². The van der Waals surface area contributed by atoms with Crippen molar-refractivity contribution in [2.75, 3.05) is 49.1 Å². The summed E-state index contributed by atoms with van der Waals surface area (Å²) in [7, 11) is 0. The summed E-state index contributed by atoms with van der Waals surface area (Å²) in [4.78, 5) is 29.2. The Morgan fingerprint density at radius 3 is 2.39 bits per heavy atom. The number of nitrogens with zero attached hydrogens (tertiary/aromatic N) is 5. The molecule has 2 saturated heterocycles. The first kappa shape index (κ1) is 20.1. The number of hydrogen-bond acceptors (Lipinski definition) is 5. The van der Waals surface area contributed by atoms with Crippen LogP contribution in [-0.4, -0.2) is 60.0 Å². The van der Waals surface area contributed by atoms with E-state index in [-0.39, 0.29) is 5.91 Å². The molecule has 0 spiro atoms. The van der Waals surface area contributed by atoms with Crippen molar-refractivity contribution in [3.8, 4) is 0 Å². The summed E-state index contributed by atoms with van der Waals surface area (Å²) in [5.41, 5.74) is 2.51. The highest BCUT2D eigenvalue weighted by Gasteiger charge is 2.27. The van der Waals surface area contributed by atoms with Gasteiger partial charge >= 0.3 is 0 Å². The summed E-state index contributed by atoms with van der Waals surface area (Å²) in [5.74, 6) is 1.07. The third-order valence-corrected chi connectivity index (χ3v) is 6.48. The number of piperazine rings is 1. The first-order chi connectivity index (χ1) is 15.2. The van der Waals surface area contributed by atoms with Gasteiger partial charge in [-0.15, -0.1) is 0 Å². The average Bonchev–Trinajstić information content (AvgIpc) is 2.84. The average molecular weight is 436 g/mol. The Morgan fingerprint density at radius 1 is 0.871 bits per heavy atom. The predicted molar refractivity (Wildman–Crippen MR) is 125 cm³/mol. The molecular formula is C24H26ClN5O. The minimum Gasteiger partial charge on any atom is -0.367 e. The van der Waals surface area contributed by atoms with Crippen molar-refractivity contribution in [3.63, 3.8) is 0 Å². The molecule has 0 saturated carbocycles. The normalized spacial score (nSPS) is 17.3. The van der Waals surface area contributed by atoms with E-state index in [0.29, 0.717) is 10.6 Å². The number of benzene rings is 1. The Kier molecular flexibility index (Phi) is 5.64. The molecule has 2 aliphatic heterocycles. The van der Waals surface area contributed by atoms with Crippen LogP contribution >= 0.6 is 11.6 Å². The lowest BCUT2D eigenvalue weighted by atomic mass is 10.0. The SMILES string of the molecule is O=C(c1cnc2ccc(Cl)cc2c1N1CCN(c2ccccn2)CC1)N1CCCCC1. The Labute approximate surface area is 187 Å². The van der Waals surface area contributed by atoms with Crippen LogP contribution in [0.4, 0.5) is 11.5 Å². The van der Waals surface area contributed by atoms with Crippen LogP contribution in [0, 0.1) is 0 Å². The van der Waals surface area contributed by atoms with Crippen LogP contribution in [0.2, 0.25) is 5.02 Å². The fraction of sp³-hybridized carbons (Fsp3) is 0.375. The molecule has 0 radical (unpaired) electrons. The zero-order valence-electron chi connectivity index (χ0n) is 17.5. The third-order valence-electron chi connectivity index (χ3n) is 6.24. The number of hydrogen-bond donors (Lipinski definition) is 0. The fourth-order valence-corrected chi connectivity index (χ4v) is 4.79. The van der Waals surface area contributed by atoms with Gasteiger partial charge in [-0.25, -0.2) is 4.98 Å². The van der Waals surface area contributed by atoms with Crippen LogP contribution in [0.1, 0.15) is 29.6 Å². The van der Waals surface area contributed by atoms with Crippen molar-refractivity contribution in [3.05, 3.63) is 59.4 Å². The smallest absolute Gasteiger partial charge is 0.257 e. The van der Waals surface area contributed by atoms with Crippen LogP contribution in [0.15, 0.2) is 48.8 Å². The number of fused-ring (bicyclic) bond motifs is 1. The number of likely N-dealkylation sites (tertiary alicyclic amines) is 1. The Hall–Kier alpha value is -2.86. The van der Waals surface area contributed by atoms with Crippen molar-refractivity contribution in [2.24, 2.45) is 0 Å². The lowest BCUT2D eigenvalue weighted by molar-refractivity contribution is 0.0724. The molecule has 2 fully saturated rings. The van der Waals surface area contributed by atoms with E-state index in [1.54, 1.807) is 6.20 Å². The molecular weight excluding hydrogens is 410 g/mol. The zero-order valence-corrected chi connectivity index (χ0v) is 18.3. The lowest BCUT2D eigenvalue weighted by Gasteiger charge is -2.38. The van der Waals surface area contributed by atoms with E-state index in [9.17, 15) is 4.79 Å². The summed E-state index contributed by atoms with van der Waals surface area (Å²) in [6.07, 6.45) is 6.91. The summed E-state index contributed by atoms with van der Waals surface area (Å²) in [6, 6.07) is 11.7. The van der Waals surface area contributed by atoms with Crippen molar-refractivity contribution >= 4 is 39.9 Å². The van der Waals surface area contributed by atoms with E-state index >= 15 is 0 Å². The van der Waals surface area contributed by atoms with Crippen molar-refractivity contribution < 1.29 is 4.79 Å². The van der Waals surface area contributed by atoms with Gasteiger partial charge in [0, 0.05) is 62.1 Å². The first-order valence-electron chi connectivity index (χ1n) is 11.0. The minimum absolute atomic E-state index is 0.0798. The fourth-order valence-electron chi connectivity index (χ4n) is 4.62. The van der Waals surface area contributed by atoms with E-state index in [4.69, 9.17) is 11.6 Å². The Morgan fingerprint density at radius 2 is 1.65 bits per heavy atom. The van der Waals surface area contributed by atoms with Crippen LogP contribution in [0.5, 0.6) is 0 Å². The van der Waals surface area contributed by atoms with Crippen LogP contribution in [0.25, 0.3) is 10.9 Å². The maximum atomic E-state index is 13.5. The maximum absolute atomic E-state index is 13.5. The summed E-state index contributed by atoms with van der Waals surface area (Å²) >= 11 is 6.36. The highest BCUT2D eigenvalue weighted by molar-refractivity contribution is 6.31. The monoisotopic (exact) mass is 435 g/mol. The van der Waals surface area contributed by atoms with Crippen molar-refractivity contribution in [1.82, 2.24) is 14.9 Å². The van der Waals surface area contributed by atoms with Gasteiger partial charge in [-0.3, -0.25) is 9.78 Å². The van der Waals surface area contributed by atoms with Gasteiger partial charge < -0.3 is 14.7 Å². The molecule has 0 unspecified atom stereocenters. The van der Waals surface area contributed by atoms with Gasteiger partial charge in [0.25, 0.3) is 5.91 Å². The van der Waals surface area contributed by atoms with Gasteiger partial charge in [0.2, 0.25) is 0 Å². The van der Waals surface area contributed by atoms with Gasteiger partial charge in [0.05, 0.1) is 16.8 Å². The molecule has 0 bridgehead atoms. The molecule has 160 valence electrons. The van der Waals surface area contributed by atoms with Gasteiger partial charge in [0.1, 0.15) is 5.82 Å². The number of aromatic nitrogens is 2. The first-order valence-corrected chi connectivity index (χ1v) is 11.4. The lowest BCUT2D eigenvalue weighted by Crippen LogP contribution is -2.47. The molecule has 1 amide bonds. The molecule has 31 heavy (non-hydrogen) atoms. The molecule has 4 heterocycles. The van der Waals surface area contributed by atoms with E-state index < -0.39 is 0 Å². The van der Waals surface area contributed by atoms with Crippen molar-refractivity contribution in [2.45, 2.75) is 19.3 Å². The second kappa shape index (κ2) is 8.71. The largest absolute Gasteiger partial charge is 0.367 e. The van der Waals surface area contributed by atoms with Crippen LogP contribution in [-0.2, 0) is 0 Å². The molecule has 2 aromatic heterocycles. The number of amides is 1. The summed E-state index contributed by atoms with van der Waals surface area (Å²) in [5, 5.41) is 1.60. The number of pyridine rings is 2. The summed E-state index contributed by atoms with van der Waals surface area (Å²) < 4.78 is 0. The Bertz CT molecular complexity index is 1080. The molecule has 3 aromatic rings. The molecule has 2 aliphatic rings. The van der Waals surface area contributed by atoms with Gasteiger partial charge in [-0.1, -0.05) is 17.7 Å². The number of carbonyl (C=O) groups excluding carboxylic acids is 1. The third kappa shape index (κ3) is 4.04. The maximum Gasteiger partial charge on any atom is 0.257 e. The van der Waals surface area contributed by atoms with Gasteiger partial charge in [-0.2, -0.15) is 0 Å². The molecule has 6 nitrogen and oxygen atoms in total. The van der Waals surface area contributed by atoms with Crippen LogP contribution < -0.4 is 9.80 Å². The van der Waals surface area contributed by atoms with E-state index in [2.05, 4.69) is 19.8 Å². The number of anilines is 2. The summed E-state index contributed by atoms with van der Waals surface area (Å²) in [6.45, 7) is 4.95. The molecule has 1 aromatic carbocycles. The standard InChI is InChI=1S/C24H26ClN5O/c25-18-7-8-21-19(16-18)23(20(17-27-21)24(31)30-10-4-1-5-11-30)29-14-12-28(13-15-29)22-6-2-3-9-26-22/h2-3,6-9,16-17H,1,4-5,10-15H2. The van der Waals surface area contributed by atoms with Gasteiger partial charge in [0.15, 0.2) is 0 Å². The number of rotatable bonds is 3. The number of piperidine rings is 1. The second-order valence-corrected chi connectivity index (χ2v) is 8.63. The molecule has 0 aliphatic carbocycles. The molecule has 0 atom stereocenters. The molecule has 7 heteroatoms. The van der Waals surface area contributed by atoms with E-state index in [1.807, 2.05) is 47.5 Å². The highest BCUT2D eigenvalue weighted by atomic mass is 35.5. The topological polar surface area (TPSA) is 52.6 Å². The van der Waals surface area contributed by atoms with E-state index in [1.165, 1.54) is 6.42 Å². The predicted octanol–water partition coefficient (Wildman–Crippen LogP) is 4.24. The van der Waals surface area contributed by atoms with Crippen LogP contribution in [0.3, 0.4) is 0 Å². The molecule has 0 N–H and O–H groups in total. The quantitative estimate of drug-likeness (QED) is 0.616. The minimum atomic E-state index is 0.0798. The van der Waals surface area contributed by atoms with E-state index in [0.717, 1.165) is 74.5 Å². The molecule has 5 rings (SSSR count). The Balaban J connectivity index is 1.50. The zero-order chi connectivity index (χ0) is 21.2. The second-order valence-electron chi connectivity index (χ2n) is 8.20. The highest BCUT2D eigenvalue weighted by Crippen LogP contribution is 2.34. The number of halogens is 1. The number of carbonyl (C=O) groups is 1. The van der Waals surface area contributed by atoms with Crippen molar-refractivity contribution in [1.29, 1.82) is 0 Å².